The molecule has 2 aliphatic rings. The molecule has 142 valence electrons. The van der Waals surface area contributed by atoms with Gasteiger partial charge in [0, 0.05) is 49.9 Å². The van der Waals surface area contributed by atoms with Crippen molar-refractivity contribution in [1.29, 1.82) is 0 Å². The molecule has 2 fully saturated rings. The molecule has 0 spiro atoms. The first-order valence-corrected chi connectivity index (χ1v) is 9.96. The van der Waals surface area contributed by atoms with Gasteiger partial charge in [-0.25, -0.2) is 4.98 Å². The van der Waals surface area contributed by atoms with E-state index in [2.05, 4.69) is 10.3 Å². The normalized spacial score (nSPS) is 17.7. The van der Waals surface area contributed by atoms with E-state index >= 15 is 0 Å². The van der Waals surface area contributed by atoms with Gasteiger partial charge in [-0.2, -0.15) is 0 Å². The quantitative estimate of drug-likeness (QED) is 0.607. The van der Waals surface area contributed by atoms with Gasteiger partial charge in [-0.05, 0) is 18.9 Å². The molecule has 3 amide bonds. The molecule has 1 aliphatic carbocycles. The van der Waals surface area contributed by atoms with Crippen LogP contribution in [0.1, 0.15) is 18.5 Å². The Morgan fingerprint density at radius 1 is 1.19 bits per heavy atom. The van der Waals surface area contributed by atoms with Crippen molar-refractivity contribution in [3.05, 3.63) is 28.5 Å². The van der Waals surface area contributed by atoms with Crippen LogP contribution >= 0.6 is 22.9 Å². The third-order valence-corrected chi connectivity index (χ3v) is 5.66. The van der Waals surface area contributed by atoms with Crippen LogP contribution in [0.25, 0.3) is 11.0 Å². The van der Waals surface area contributed by atoms with E-state index in [0.717, 1.165) is 17.8 Å². The van der Waals surface area contributed by atoms with Gasteiger partial charge in [-0.15, -0.1) is 11.3 Å². The predicted molar refractivity (Wildman–Crippen MR) is 101 cm³/mol. The van der Waals surface area contributed by atoms with E-state index in [4.69, 9.17) is 11.6 Å². The van der Waals surface area contributed by atoms with Crippen molar-refractivity contribution in [1.82, 2.24) is 24.5 Å². The summed E-state index contributed by atoms with van der Waals surface area (Å²) in [6.45, 7) is 1.47. The van der Waals surface area contributed by atoms with E-state index in [1.54, 1.807) is 11.0 Å². The third-order valence-electron chi connectivity index (χ3n) is 4.62. The van der Waals surface area contributed by atoms with Gasteiger partial charge in [0.2, 0.25) is 5.91 Å². The van der Waals surface area contributed by atoms with Crippen LogP contribution in [0, 0.1) is 0 Å². The highest BCUT2D eigenvalue weighted by atomic mass is 35.5. The van der Waals surface area contributed by atoms with Crippen molar-refractivity contribution in [2.24, 2.45) is 0 Å². The molecule has 1 saturated heterocycles. The highest BCUT2D eigenvalue weighted by Crippen LogP contribution is 2.22. The number of aromatic nitrogens is 2. The number of fused-ring (bicyclic) bond motifs is 1. The molecule has 0 unspecified atom stereocenters. The van der Waals surface area contributed by atoms with Gasteiger partial charge < -0.3 is 15.1 Å². The third kappa shape index (κ3) is 3.84. The summed E-state index contributed by atoms with van der Waals surface area (Å²) in [6, 6.07) is 0.152. The summed E-state index contributed by atoms with van der Waals surface area (Å²) in [7, 11) is 0. The maximum atomic E-state index is 12.4. The molecule has 8 nitrogen and oxygen atoms in total. The molecule has 1 aliphatic heterocycles. The fourth-order valence-electron chi connectivity index (χ4n) is 2.93. The Morgan fingerprint density at radius 2 is 1.89 bits per heavy atom. The maximum Gasteiger partial charge on any atom is 0.312 e. The molecule has 1 N–H and O–H groups in total. The molecule has 3 heterocycles. The number of halogens is 1. The van der Waals surface area contributed by atoms with Crippen LogP contribution in [0.5, 0.6) is 0 Å². The second-order valence-corrected chi connectivity index (χ2v) is 7.77. The van der Waals surface area contributed by atoms with Crippen molar-refractivity contribution >= 4 is 51.7 Å². The molecule has 0 bridgehead atoms. The Morgan fingerprint density at radius 3 is 2.59 bits per heavy atom. The van der Waals surface area contributed by atoms with Gasteiger partial charge in [-0.1, -0.05) is 11.6 Å². The van der Waals surface area contributed by atoms with Gasteiger partial charge in [0.1, 0.15) is 0 Å². The van der Waals surface area contributed by atoms with Crippen molar-refractivity contribution in [3.63, 3.8) is 0 Å². The standard InChI is InChI=1S/C17H18ClN5O3S/c18-14-12(23-9-10-27-17(23)20-14)3-4-13(24)21-5-7-22(8-6-21)16(26)15(25)19-11-1-2-11/h3-4,9-11H,1-2,5-8H2,(H,19,25)/b4-3+. The maximum absolute atomic E-state index is 12.4. The highest BCUT2D eigenvalue weighted by Gasteiger charge is 2.31. The van der Waals surface area contributed by atoms with Crippen molar-refractivity contribution in [2.45, 2.75) is 18.9 Å². The van der Waals surface area contributed by atoms with E-state index in [9.17, 15) is 14.4 Å². The lowest BCUT2D eigenvalue weighted by atomic mass is 10.2. The minimum absolute atomic E-state index is 0.152. The summed E-state index contributed by atoms with van der Waals surface area (Å²) in [5.41, 5.74) is 0.659. The molecule has 0 atom stereocenters. The number of carbonyl (C=O) groups excluding carboxylic acids is 3. The Hall–Kier alpha value is -2.39. The zero-order valence-corrected chi connectivity index (χ0v) is 16.0. The van der Waals surface area contributed by atoms with Gasteiger partial charge in [-0.3, -0.25) is 18.8 Å². The number of nitrogens with zero attached hydrogens (tertiary/aromatic N) is 4. The highest BCUT2D eigenvalue weighted by molar-refractivity contribution is 7.15. The second kappa shape index (κ2) is 7.32. The van der Waals surface area contributed by atoms with Crippen LogP contribution in [0.2, 0.25) is 5.15 Å². The second-order valence-electron chi connectivity index (χ2n) is 6.54. The number of hydrogen-bond donors (Lipinski definition) is 1. The number of imidazole rings is 1. The average Bonchev–Trinajstić information content (AvgIpc) is 3.28. The SMILES string of the molecule is O=C(NC1CC1)C(=O)N1CCN(C(=O)/C=C/c2c(Cl)nc3sccn23)CC1. The van der Waals surface area contributed by atoms with Crippen LogP contribution in [-0.2, 0) is 14.4 Å². The summed E-state index contributed by atoms with van der Waals surface area (Å²) in [6.07, 6.45) is 6.83. The van der Waals surface area contributed by atoms with Crippen molar-refractivity contribution in [2.75, 3.05) is 26.2 Å². The summed E-state index contributed by atoms with van der Waals surface area (Å²) < 4.78 is 1.83. The first-order valence-electron chi connectivity index (χ1n) is 8.71. The van der Waals surface area contributed by atoms with E-state index < -0.39 is 11.8 Å². The molecule has 2 aromatic heterocycles. The van der Waals surface area contributed by atoms with Crippen LogP contribution in [0.3, 0.4) is 0 Å². The fraction of sp³-hybridized carbons (Fsp3) is 0.412. The zero-order valence-electron chi connectivity index (χ0n) is 14.4. The van der Waals surface area contributed by atoms with Crippen molar-refractivity contribution in [3.8, 4) is 0 Å². The number of thiazole rings is 1. The number of nitrogens with one attached hydrogen (secondary N) is 1. The van der Waals surface area contributed by atoms with Crippen molar-refractivity contribution < 1.29 is 14.4 Å². The lowest BCUT2D eigenvalue weighted by molar-refractivity contribution is -0.148. The van der Waals surface area contributed by atoms with Gasteiger partial charge in [0.25, 0.3) is 0 Å². The molecular formula is C17H18ClN5O3S. The van der Waals surface area contributed by atoms with Gasteiger partial charge in [0.15, 0.2) is 10.1 Å². The minimum atomic E-state index is -0.549. The van der Waals surface area contributed by atoms with E-state index in [1.807, 2.05) is 16.0 Å². The Bertz CT molecular complexity index is 924. The average molecular weight is 408 g/mol. The number of piperazine rings is 1. The van der Waals surface area contributed by atoms with Crippen LogP contribution in [0.4, 0.5) is 0 Å². The Balaban J connectivity index is 1.33. The molecule has 27 heavy (non-hydrogen) atoms. The van der Waals surface area contributed by atoms with Crippen LogP contribution < -0.4 is 5.32 Å². The van der Waals surface area contributed by atoms with Gasteiger partial charge in [0.05, 0.1) is 5.69 Å². The minimum Gasteiger partial charge on any atom is -0.345 e. The lowest BCUT2D eigenvalue weighted by Gasteiger charge is -2.33. The number of rotatable bonds is 3. The molecular weight excluding hydrogens is 390 g/mol. The molecule has 1 saturated carbocycles. The van der Waals surface area contributed by atoms with E-state index in [-0.39, 0.29) is 11.9 Å². The first kappa shape index (κ1) is 18.0. The largest absolute Gasteiger partial charge is 0.345 e. The molecule has 4 rings (SSSR count). The molecule has 0 radical (unpaired) electrons. The first-order chi connectivity index (χ1) is 13.0. The smallest absolute Gasteiger partial charge is 0.312 e. The summed E-state index contributed by atoms with van der Waals surface area (Å²) in [5.74, 6) is -1.23. The predicted octanol–water partition coefficient (Wildman–Crippen LogP) is 1.01. The van der Waals surface area contributed by atoms with Crippen LogP contribution in [0.15, 0.2) is 17.7 Å². The number of amides is 3. The van der Waals surface area contributed by atoms with Crippen LogP contribution in [-0.4, -0.2) is 69.1 Å². The number of hydrogen-bond acceptors (Lipinski definition) is 5. The molecule has 2 aromatic rings. The lowest BCUT2D eigenvalue weighted by Crippen LogP contribution is -2.53. The Labute approximate surface area is 164 Å². The monoisotopic (exact) mass is 407 g/mol. The Kier molecular flexibility index (Phi) is 4.88. The summed E-state index contributed by atoms with van der Waals surface area (Å²) >= 11 is 7.58. The summed E-state index contributed by atoms with van der Waals surface area (Å²) in [4.78, 5) is 44.5. The summed E-state index contributed by atoms with van der Waals surface area (Å²) in [5, 5.41) is 4.94. The fourth-order valence-corrected chi connectivity index (χ4v) is 3.94. The van der Waals surface area contributed by atoms with E-state index in [0.29, 0.717) is 37.0 Å². The van der Waals surface area contributed by atoms with Gasteiger partial charge >= 0.3 is 11.8 Å². The topological polar surface area (TPSA) is 87.0 Å². The zero-order chi connectivity index (χ0) is 19.0. The number of carbonyl (C=O) groups is 3. The molecule has 0 aromatic carbocycles. The molecule has 10 heteroatoms. The van der Waals surface area contributed by atoms with E-state index in [1.165, 1.54) is 22.3 Å².